The molecule has 2 amide bonds. The Morgan fingerprint density at radius 3 is 2.31 bits per heavy atom. The van der Waals surface area contributed by atoms with Crippen molar-refractivity contribution in [3.63, 3.8) is 0 Å². The molecule has 0 saturated heterocycles. The van der Waals surface area contributed by atoms with Crippen molar-refractivity contribution in [2.24, 2.45) is 0 Å². The van der Waals surface area contributed by atoms with Gasteiger partial charge in [-0.2, -0.15) is 31.3 Å². The van der Waals surface area contributed by atoms with Gasteiger partial charge in [-0.3, -0.25) is 9.59 Å². The highest BCUT2D eigenvalue weighted by Gasteiger charge is 2.35. The summed E-state index contributed by atoms with van der Waals surface area (Å²) in [6.45, 7) is 2.86. The highest BCUT2D eigenvalue weighted by Crippen LogP contribution is 2.41. The minimum atomic E-state index is -5.04. The Kier molecular flexibility index (Phi) is 8.96. The number of hydrogen-bond donors (Lipinski definition) is 3. The van der Waals surface area contributed by atoms with Gasteiger partial charge in [-0.05, 0) is 62.4 Å². The lowest BCUT2D eigenvalue weighted by atomic mass is 10.1. The fraction of sp³-hybridized carbons (Fsp3) is 0.226. The predicted molar refractivity (Wildman–Crippen MR) is 160 cm³/mol. The molecule has 17 heteroatoms. The molecule has 0 spiro atoms. The van der Waals surface area contributed by atoms with Gasteiger partial charge in [0.15, 0.2) is 0 Å². The van der Waals surface area contributed by atoms with Crippen molar-refractivity contribution < 1.29 is 54.7 Å². The fourth-order valence-electron chi connectivity index (χ4n) is 4.55. The molecule has 3 N–H and O–H groups in total. The van der Waals surface area contributed by atoms with E-state index in [0.29, 0.717) is 12.1 Å². The number of amides is 2. The SMILES string of the molecule is COc1ccc(-c2noc(C(C)(C)O)n2)cc1C(=O)Nc1c(CC(=O)Nc2ccc(F)c(C(F)(F)F)c2)sc2cc(C(F)(F)F)ccc12. The highest BCUT2D eigenvalue weighted by molar-refractivity contribution is 7.20. The molecule has 252 valence electrons. The number of aromatic nitrogens is 2. The Labute approximate surface area is 270 Å². The molecular formula is C31H23F7N4O5S. The van der Waals surface area contributed by atoms with Crippen molar-refractivity contribution in [1.82, 2.24) is 10.1 Å². The summed E-state index contributed by atoms with van der Waals surface area (Å²) in [7, 11) is 1.29. The molecule has 0 unspecified atom stereocenters. The maximum atomic E-state index is 13.7. The Hall–Kier alpha value is -5.03. The molecule has 48 heavy (non-hydrogen) atoms. The number of alkyl halides is 6. The molecule has 5 rings (SSSR count). The lowest BCUT2D eigenvalue weighted by Gasteiger charge is -2.13. The molecule has 2 heterocycles. The summed E-state index contributed by atoms with van der Waals surface area (Å²) in [6.07, 6.45) is -10.3. The van der Waals surface area contributed by atoms with Gasteiger partial charge in [-0.25, -0.2) is 4.39 Å². The van der Waals surface area contributed by atoms with E-state index in [-0.39, 0.29) is 54.9 Å². The van der Waals surface area contributed by atoms with Crippen molar-refractivity contribution in [1.29, 1.82) is 0 Å². The number of aliphatic hydroxyl groups is 1. The number of carbonyl (C=O) groups is 2. The van der Waals surface area contributed by atoms with E-state index < -0.39 is 53.1 Å². The van der Waals surface area contributed by atoms with Gasteiger partial charge in [0.25, 0.3) is 11.8 Å². The first-order valence-electron chi connectivity index (χ1n) is 13.7. The number of nitrogens with one attached hydrogen (secondary N) is 2. The molecule has 0 radical (unpaired) electrons. The predicted octanol–water partition coefficient (Wildman–Crippen LogP) is 7.80. The van der Waals surface area contributed by atoms with Crippen molar-refractivity contribution in [3.05, 3.63) is 87.9 Å². The standard InChI is InChI=1S/C31H23F7N4O5S/c1-29(2,45)28-41-26(42-47-28)14-4-9-21(46-3)18(10-14)27(44)40-25-17-7-5-15(30(33,34)35)11-22(17)48-23(25)13-24(43)39-16-6-8-20(32)19(12-16)31(36,37)38/h4-12,45H,13H2,1-3H3,(H,39,43)(H,40,44). The summed E-state index contributed by atoms with van der Waals surface area (Å²) in [5.74, 6) is -3.25. The van der Waals surface area contributed by atoms with Crippen LogP contribution >= 0.6 is 11.3 Å². The van der Waals surface area contributed by atoms with E-state index in [9.17, 15) is 45.4 Å². The normalized spacial score (nSPS) is 12.3. The number of halogens is 7. The number of methoxy groups -OCH3 is 1. The second kappa shape index (κ2) is 12.5. The average Bonchev–Trinajstić information content (AvgIpc) is 3.62. The van der Waals surface area contributed by atoms with Crippen LogP contribution in [0.5, 0.6) is 5.75 Å². The lowest BCUT2D eigenvalue weighted by molar-refractivity contribution is -0.140. The molecule has 0 aliphatic rings. The van der Waals surface area contributed by atoms with Crippen LogP contribution in [0.15, 0.2) is 59.1 Å². The van der Waals surface area contributed by atoms with Gasteiger partial charge in [0, 0.05) is 26.2 Å². The van der Waals surface area contributed by atoms with Crippen LogP contribution in [0.1, 0.15) is 46.1 Å². The van der Waals surface area contributed by atoms with Crippen LogP contribution in [0.2, 0.25) is 0 Å². The molecule has 0 fully saturated rings. The van der Waals surface area contributed by atoms with Crippen LogP contribution in [-0.2, 0) is 29.2 Å². The van der Waals surface area contributed by atoms with E-state index in [0.717, 1.165) is 35.6 Å². The van der Waals surface area contributed by atoms with E-state index in [4.69, 9.17) is 9.26 Å². The van der Waals surface area contributed by atoms with E-state index >= 15 is 0 Å². The fourth-order valence-corrected chi connectivity index (χ4v) is 5.75. The average molecular weight is 697 g/mol. The molecular weight excluding hydrogens is 673 g/mol. The molecule has 0 atom stereocenters. The number of benzene rings is 3. The number of carbonyl (C=O) groups excluding carboxylic acids is 2. The number of ether oxygens (including phenoxy) is 1. The Morgan fingerprint density at radius 2 is 1.69 bits per heavy atom. The van der Waals surface area contributed by atoms with Crippen LogP contribution in [-0.4, -0.2) is 34.2 Å². The lowest BCUT2D eigenvalue weighted by Crippen LogP contribution is -2.18. The van der Waals surface area contributed by atoms with Crippen LogP contribution in [0.25, 0.3) is 21.5 Å². The second-order valence-electron chi connectivity index (χ2n) is 10.9. The number of hydrogen-bond acceptors (Lipinski definition) is 8. The zero-order valence-corrected chi connectivity index (χ0v) is 25.7. The Morgan fingerprint density at radius 1 is 0.958 bits per heavy atom. The van der Waals surface area contributed by atoms with Crippen molar-refractivity contribution in [2.45, 2.75) is 38.2 Å². The monoisotopic (exact) mass is 696 g/mol. The first-order valence-corrected chi connectivity index (χ1v) is 14.5. The van der Waals surface area contributed by atoms with Gasteiger partial charge < -0.3 is 25.0 Å². The third kappa shape index (κ3) is 7.26. The van der Waals surface area contributed by atoms with E-state index in [2.05, 4.69) is 20.8 Å². The van der Waals surface area contributed by atoms with Gasteiger partial charge >= 0.3 is 12.4 Å². The maximum Gasteiger partial charge on any atom is 0.419 e. The largest absolute Gasteiger partial charge is 0.496 e. The first kappa shape index (κ1) is 34.3. The first-order chi connectivity index (χ1) is 22.3. The minimum Gasteiger partial charge on any atom is -0.496 e. The van der Waals surface area contributed by atoms with Gasteiger partial charge in [0.2, 0.25) is 11.7 Å². The summed E-state index contributed by atoms with van der Waals surface area (Å²) in [5, 5.41) is 19.0. The molecule has 0 bridgehead atoms. The summed E-state index contributed by atoms with van der Waals surface area (Å²) < 4.78 is 104. The van der Waals surface area contributed by atoms with Gasteiger partial charge in [-0.15, -0.1) is 11.3 Å². The van der Waals surface area contributed by atoms with Gasteiger partial charge in [-0.1, -0.05) is 11.2 Å². The van der Waals surface area contributed by atoms with Crippen molar-refractivity contribution >= 4 is 44.6 Å². The van der Waals surface area contributed by atoms with Crippen molar-refractivity contribution in [3.8, 4) is 17.1 Å². The second-order valence-corrected chi connectivity index (χ2v) is 12.0. The minimum absolute atomic E-state index is 0.0244. The van der Waals surface area contributed by atoms with Crippen LogP contribution in [0.4, 0.5) is 42.1 Å². The molecule has 0 aliphatic heterocycles. The number of fused-ring (bicyclic) bond motifs is 1. The van der Waals surface area contributed by atoms with Crippen LogP contribution < -0.4 is 15.4 Å². The zero-order chi connectivity index (χ0) is 35.2. The maximum absolute atomic E-state index is 13.7. The third-order valence-electron chi connectivity index (χ3n) is 6.86. The number of thiophene rings is 1. The summed E-state index contributed by atoms with van der Waals surface area (Å²) >= 11 is 0.752. The van der Waals surface area contributed by atoms with E-state index in [1.807, 2.05) is 0 Å². The summed E-state index contributed by atoms with van der Waals surface area (Å²) in [5.41, 5.74) is -4.26. The quantitative estimate of drug-likeness (QED) is 0.141. The molecule has 3 aromatic carbocycles. The molecule has 5 aromatic rings. The summed E-state index contributed by atoms with van der Waals surface area (Å²) in [6, 6.07) is 8.90. The number of anilines is 2. The zero-order valence-electron chi connectivity index (χ0n) is 24.9. The number of nitrogens with zero attached hydrogens (tertiary/aromatic N) is 2. The van der Waals surface area contributed by atoms with Gasteiger partial charge in [0.1, 0.15) is 17.2 Å². The molecule has 0 aliphatic carbocycles. The molecule has 0 saturated carbocycles. The van der Waals surface area contributed by atoms with Crippen LogP contribution in [0.3, 0.4) is 0 Å². The number of rotatable bonds is 8. The molecule has 2 aromatic heterocycles. The Bertz CT molecular complexity index is 2030. The summed E-state index contributed by atoms with van der Waals surface area (Å²) in [4.78, 5) is 30.9. The van der Waals surface area contributed by atoms with Gasteiger partial charge in [0.05, 0.1) is 35.9 Å². The smallest absolute Gasteiger partial charge is 0.419 e. The highest BCUT2D eigenvalue weighted by atomic mass is 32.1. The van der Waals surface area contributed by atoms with E-state index in [1.165, 1.54) is 39.2 Å². The van der Waals surface area contributed by atoms with Crippen LogP contribution in [0, 0.1) is 5.82 Å². The van der Waals surface area contributed by atoms with Crippen molar-refractivity contribution in [2.75, 3.05) is 17.7 Å². The Balaban J connectivity index is 1.50. The topological polar surface area (TPSA) is 127 Å². The molecule has 9 nitrogen and oxygen atoms in total. The van der Waals surface area contributed by atoms with E-state index in [1.54, 1.807) is 0 Å². The third-order valence-corrected chi connectivity index (χ3v) is 8.01.